The average Bonchev–Trinajstić information content (AvgIpc) is 3.30. The van der Waals surface area contributed by atoms with Crippen LogP contribution >= 0.6 is 0 Å². The Balaban J connectivity index is 1.66. The highest BCUT2D eigenvalue weighted by atomic mass is 16.5. The number of nitrogens with one attached hydrogen (secondary N) is 2. The maximum absolute atomic E-state index is 12.7. The zero-order chi connectivity index (χ0) is 24.1. The number of ketones is 1. The highest BCUT2D eigenvalue weighted by Gasteiger charge is 2.23. The maximum atomic E-state index is 12.7. The molecule has 0 aliphatic carbocycles. The number of carbonyl (C=O) groups is 2. The van der Waals surface area contributed by atoms with Gasteiger partial charge in [-0.15, -0.1) is 0 Å². The van der Waals surface area contributed by atoms with E-state index in [4.69, 9.17) is 9.47 Å². The number of aryl methyl sites for hydroxylation is 1. The van der Waals surface area contributed by atoms with Gasteiger partial charge in [-0.3, -0.25) is 14.3 Å². The van der Waals surface area contributed by atoms with Gasteiger partial charge in [0.2, 0.25) is 5.91 Å². The van der Waals surface area contributed by atoms with Crippen LogP contribution in [0, 0.1) is 5.92 Å². The van der Waals surface area contributed by atoms with Gasteiger partial charge in [0.25, 0.3) is 0 Å². The first kappa shape index (κ1) is 23.4. The van der Waals surface area contributed by atoms with Crippen LogP contribution in [0.4, 0.5) is 17.2 Å². The summed E-state index contributed by atoms with van der Waals surface area (Å²) >= 11 is 0. The van der Waals surface area contributed by atoms with E-state index < -0.39 is 0 Å². The molecule has 2 aromatic heterocycles. The molecule has 1 saturated heterocycles. The van der Waals surface area contributed by atoms with Crippen molar-refractivity contribution in [3.63, 3.8) is 0 Å². The third kappa shape index (κ3) is 5.07. The number of pyridine rings is 1. The second-order valence-electron chi connectivity index (χ2n) is 8.02. The number of ether oxygens (including phenoxy) is 2. The molecule has 4 rings (SSSR count). The van der Waals surface area contributed by atoms with Gasteiger partial charge in [-0.2, -0.15) is 5.10 Å². The van der Waals surface area contributed by atoms with Gasteiger partial charge in [-0.25, -0.2) is 9.97 Å². The lowest BCUT2D eigenvalue weighted by Crippen LogP contribution is -2.28. The molecule has 0 bridgehead atoms. The Bertz CT molecular complexity index is 1190. The Hall–Kier alpha value is -3.79. The molecule has 1 aliphatic rings. The first-order valence-corrected chi connectivity index (χ1v) is 11.2. The molecule has 1 aromatic carbocycles. The SMILES string of the molecule is CCC(=O)c1cnc(NC(=O)C2CCOCC2)cc1Nc1cccc(-c2ncn(C)n2)c1OC. The quantitative estimate of drug-likeness (QED) is 0.485. The van der Waals surface area contributed by atoms with Crippen molar-refractivity contribution in [1.29, 1.82) is 0 Å². The lowest BCUT2D eigenvalue weighted by atomic mass is 9.99. The van der Waals surface area contributed by atoms with Crippen molar-refractivity contribution >= 4 is 28.9 Å². The van der Waals surface area contributed by atoms with Crippen molar-refractivity contribution < 1.29 is 19.1 Å². The smallest absolute Gasteiger partial charge is 0.228 e. The normalized spacial score (nSPS) is 14.0. The Labute approximate surface area is 197 Å². The van der Waals surface area contributed by atoms with Gasteiger partial charge in [0, 0.05) is 44.9 Å². The van der Waals surface area contributed by atoms with E-state index in [2.05, 4.69) is 25.7 Å². The van der Waals surface area contributed by atoms with Crippen LogP contribution in [0.3, 0.4) is 0 Å². The standard InChI is InChI=1S/C24H28N6O4/c1-4-20(31)17-13-25-21(28-24(32)15-8-10-34-11-9-15)12-19(17)27-18-7-5-6-16(22(18)33-3)23-26-14-30(2)29-23/h5-7,12-15H,4,8-11H2,1-3H3,(H2,25,27,28,32). The van der Waals surface area contributed by atoms with Crippen molar-refractivity contribution in [3.8, 4) is 17.1 Å². The van der Waals surface area contributed by atoms with Crippen LogP contribution in [-0.2, 0) is 16.6 Å². The molecule has 10 nitrogen and oxygen atoms in total. The average molecular weight is 465 g/mol. The summed E-state index contributed by atoms with van der Waals surface area (Å²) in [4.78, 5) is 33.9. The molecule has 1 aliphatic heterocycles. The van der Waals surface area contributed by atoms with Gasteiger partial charge >= 0.3 is 0 Å². The van der Waals surface area contributed by atoms with Crippen LogP contribution in [0.1, 0.15) is 36.5 Å². The first-order chi connectivity index (χ1) is 16.5. The van der Waals surface area contributed by atoms with Crippen molar-refractivity contribution in [1.82, 2.24) is 19.7 Å². The molecular formula is C24H28N6O4. The number of hydrogen-bond donors (Lipinski definition) is 2. The molecule has 3 aromatic rings. The van der Waals surface area contributed by atoms with Crippen molar-refractivity contribution in [2.45, 2.75) is 26.2 Å². The Morgan fingerprint density at radius 2 is 2.00 bits per heavy atom. The van der Waals surface area contributed by atoms with E-state index in [0.29, 0.717) is 72.4 Å². The fraction of sp³-hybridized carbons (Fsp3) is 0.375. The summed E-state index contributed by atoms with van der Waals surface area (Å²) in [6.45, 7) is 2.94. The predicted molar refractivity (Wildman–Crippen MR) is 127 cm³/mol. The van der Waals surface area contributed by atoms with Crippen LogP contribution < -0.4 is 15.4 Å². The van der Waals surface area contributed by atoms with Crippen LogP contribution in [0.25, 0.3) is 11.4 Å². The van der Waals surface area contributed by atoms with E-state index in [1.807, 2.05) is 18.2 Å². The molecule has 34 heavy (non-hydrogen) atoms. The van der Waals surface area contributed by atoms with Crippen molar-refractivity contribution in [3.05, 3.63) is 42.4 Å². The van der Waals surface area contributed by atoms with E-state index in [0.717, 1.165) is 0 Å². The summed E-state index contributed by atoms with van der Waals surface area (Å²) in [5, 5.41) is 10.5. The number of nitrogens with zero attached hydrogens (tertiary/aromatic N) is 4. The Morgan fingerprint density at radius 3 is 2.68 bits per heavy atom. The second kappa shape index (κ2) is 10.4. The molecule has 0 atom stereocenters. The van der Waals surface area contributed by atoms with E-state index in [1.54, 1.807) is 38.2 Å². The van der Waals surface area contributed by atoms with E-state index >= 15 is 0 Å². The molecule has 1 amide bonds. The topological polar surface area (TPSA) is 120 Å². The minimum atomic E-state index is -0.119. The monoisotopic (exact) mass is 464 g/mol. The number of methoxy groups -OCH3 is 1. The summed E-state index contributed by atoms with van der Waals surface area (Å²) in [6, 6.07) is 7.23. The van der Waals surface area contributed by atoms with Crippen LogP contribution in [0.5, 0.6) is 5.75 Å². The summed E-state index contributed by atoms with van der Waals surface area (Å²) in [7, 11) is 3.36. The van der Waals surface area contributed by atoms with E-state index in [9.17, 15) is 9.59 Å². The van der Waals surface area contributed by atoms with Gasteiger partial charge in [-0.1, -0.05) is 13.0 Å². The summed E-state index contributed by atoms with van der Waals surface area (Å²) in [5.74, 6) is 1.14. The Morgan fingerprint density at radius 1 is 1.21 bits per heavy atom. The molecule has 0 saturated carbocycles. The maximum Gasteiger partial charge on any atom is 0.228 e. The summed E-state index contributed by atoms with van der Waals surface area (Å²) < 4.78 is 12.6. The minimum Gasteiger partial charge on any atom is -0.494 e. The molecule has 1 fully saturated rings. The van der Waals surface area contributed by atoms with Gasteiger partial charge in [0.1, 0.15) is 12.1 Å². The van der Waals surface area contributed by atoms with Crippen molar-refractivity contribution in [2.24, 2.45) is 13.0 Å². The molecule has 0 unspecified atom stereocenters. The highest BCUT2D eigenvalue weighted by molar-refractivity contribution is 6.02. The van der Waals surface area contributed by atoms with Crippen LogP contribution in [-0.4, -0.2) is 51.8 Å². The van der Waals surface area contributed by atoms with E-state index in [-0.39, 0.29) is 17.6 Å². The fourth-order valence-corrected chi connectivity index (χ4v) is 3.87. The zero-order valence-corrected chi connectivity index (χ0v) is 19.5. The highest BCUT2D eigenvalue weighted by Crippen LogP contribution is 2.37. The molecule has 2 N–H and O–H groups in total. The molecule has 10 heteroatoms. The number of aromatic nitrogens is 4. The third-order valence-electron chi connectivity index (χ3n) is 5.70. The number of anilines is 3. The third-order valence-corrected chi connectivity index (χ3v) is 5.70. The molecular weight excluding hydrogens is 436 g/mol. The van der Waals surface area contributed by atoms with Crippen molar-refractivity contribution in [2.75, 3.05) is 31.0 Å². The van der Waals surface area contributed by atoms with Gasteiger partial charge in [0.05, 0.1) is 29.6 Å². The van der Waals surface area contributed by atoms with E-state index in [1.165, 1.54) is 6.20 Å². The summed E-state index contributed by atoms with van der Waals surface area (Å²) in [6.07, 6.45) is 4.77. The number of carbonyl (C=O) groups excluding carboxylic acids is 2. The number of rotatable bonds is 8. The number of hydrogen-bond acceptors (Lipinski definition) is 8. The van der Waals surface area contributed by atoms with Gasteiger partial charge < -0.3 is 20.1 Å². The largest absolute Gasteiger partial charge is 0.494 e. The zero-order valence-electron chi connectivity index (χ0n) is 19.5. The molecule has 178 valence electrons. The molecule has 0 radical (unpaired) electrons. The predicted octanol–water partition coefficient (Wildman–Crippen LogP) is 3.59. The van der Waals surface area contributed by atoms with Gasteiger partial charge in [-0.05, 0) is 25.0 Å². The summed E-state index contributed by atoms with van der Waals surface area (Å²) in [5.41, 5.74) is 2.28. The van der Waals surface area contributed by atoms with Gasteiger partial charge in [0.15, 0.2) is 17.4 Å². The first-order valence-electron chi connectivity index (χ1n) is 11.2. The number of amides is 1. The lowest BCUT2D eigenvalue weighted by Gasteiger charge is -2.21. The second-order valence-corrected chi connectivity index (χ2v) is 8.02. The molecule has 3 heterocycles. The minimum absolute atomic E-state index is 0.0705. The number of Topliss-reactive ketones (excluding diaryl/α,β-unsaturated/α-hetero) is 1. The number of benzene rings is 1. The fourth-order valence-electron chi connectivity index (χ4n) is 3.87. The van der Waals surface area contributed by atoms with Crippen LogP contribution in [0.2, 0.25) is 0 Å². The number of para-hydroxylation sites is 1. The Kier molecular flexibility index (Phi) is 7.17. The van der Waals surface area contributed by atoms with Crippen LogP contribution in [0.15, 0.2) is 36.8 Å². The lowest BCUT2D eigenvalue weighted by molar-refractivity contribution is -0.122. The molecule has 0 spiro atoms.